The van der Waals surface area contributed by atoms with E-state index in [1.54, 1.807) is 0 Å². The number of hydrogen-bond donors (Lipinski definition) is 1. The Morgan fingerprint density at radius 2 is 1.96 bits per heavy atom. The van der Waals surface area contributed by atoms with Crippen molar-refractivity contribution in [2.75, 3.05) is 6.61 Å². The molecule has 1 atom stereocenters. The monoisotopic (exact) mass is 329 g/mol. The Balaban J connectivity index is 1.59. The van der Waals surface area contributed by atoms with Gasteiger partial charge in [-0.25, -0.2) is 0 Å². The zero-order valence-electron chi connectivity index (χ0n) is 13.1. The molecule has 0 bridgehead atoms. The predicted molar refractivity (Wildman–Crippen MR) is 92.7 cm³/mol. The molecule has 2 aromatic rings. The zero-order chi connectivity index (χ0) is 16.2. The second kappa shape index (κ2) is 7.05. The van der Waals surface area contributed by atoms with Crippen molar-refractivity contribution in [1.82, 2.24) is 5.32 Å². The first kappa shape index (κ1) is 15.9. The van der Waals surface area contributed by atoms with Crippen LogP contribution in [0.3, 0.4) is 0 Å². The summed E-state index contributed by atoms with van der Waals surface area (Å²) in [6.45, 7) is 2.03. The van der Waals surface area contributed by atoms with Gasteiger partial charge >= 0.3 is 0 Å². The van der Waals surface area contributed by atoms with Gasteiger partial charge in [-0.1, -0.05) is 48.0 Å². The number of carbonyl (C=O) groups is 1. The van der Waals surface area contributed by atoms with Crippen LogP contribution in [-0.4, -0.2) is 18.6 Å². The maximum Gasteiger partial charge on any atom is 0.258 e. The molecule has 0 heterocycles. The highest BCUT2D eigenvalue weighted by molar-refractivity contribution is 6.32. The van der Waals surface area contributed by atoms with E-state index in [4.69, 9.17) is 16.3 Å². The van der Waals surface area contributed by atoms with Gasteiger partial charge in [0.2, 0.25) is 0 Å². The molecule has 2 aromatic carbocycles. The fraction of sp³-hybridized carbons (Fsp3) is 0.316. The molecule has 1 amide bonds. The summed E-state index contributed by atoms with van der Waals surface area (Å²) in [5, 5.41) is 3.47. The van der Waals surface area contributed by atoms with Crippen LogP contribution >= 0.6 is 11.6 Å². The summed E-state index contributed by atoms with van der Waals surface area (Å²) in [7, 11) is 0. The Kier molecular flexibility index (Phi) is 4.87. The minimum atomic E-state index is -0.104. The molecule has 4 heteroatoms. The molecule has 0 saturated heterocycles. The summed E-state index contributed by atoms with van der Waals surface area (Å²) in [4.78, 5) is 11.9. The summed E-state index contributed by atoms with van der Waals surface area (Å²) in [6, 6.07) is 15.8. The van der Waals surface area contributed by atoms with Crippen molar-refractivity contribution >= 4 is 17.5 Å². The molecule has 0 spiro atoms. The van der Waals surface area contributed by atoms with Crippen LogP contribution in [-0.2, 0) is 4.79 Å². The van der Waals surface area contributed by atoms with E-state index < -0.39 is 0 Å². The number of hydrogen-bond acceptors (Lipinski definition) is 2. The molecule has 1 aliphatic rings. The van der Waals surface area contributed by atoms with E-state index in [-0.39, 0.29) is 18.6 Å². The lowest BCUT2D eigenvalue weighted by molar-refractivity contribution is -0.123. The second-order valence-electron chi connectivity index (χ2n) is 5.99. The van der Waals surface area contributed by atoms with Crippen LogP contribution in [0.1, 0.15) is 19.8 Å². The van der Waals surface area contributed by atoms with Gasteiger partial charge in [0.05, 0.1) is 5.02 Å². The Labute approximate surface area is 141 Å². The topological polar surface area (TPSA) is 38.3 Å². The minimum absolute atomic E-state index is 0.0124. The molecule has 120 valence electrons. The van der Waals surface area contributed by atoms with Gasteiger partial charge in [0.25, 0.3) is 5.91 Å². The van der Waals surface area contributed by atoms with E-state index in [2.05, 4.69) is 5.32 Å². The first-order valence-corrected chi connectivity index (χ1v) is 8.28. The molecule has 0 radical (unpaired) electrons. The van der Waals surface area contributed by atoms with Crippen LogP contribution in [0.25, 0.3) is 11.1 Å². The third-order valence-electron chi connectivity index (χ3n) is 4.12. The molecule has 0 aromatic heterocycles. The molecule has 3 rings (SSSR count). The van der Waals surface area contributed by atoms with Crippen LogP contribution in [0, 0.1) is 5.92 Å². The van der Waals surface area contributed by atoms with Crippen molar-refractivity contribution in [2.24, 2.45) is 5.92 Å². The number of halogens is 1. The summed E-state index contributed by atoms with van der Waals surface area (Å²) in [6.07, 6.45) is 2.41. The fourth-order valence-corrected chi connectivity index (χ4v) is 2.82. The number of amides is 1. The lowest BCUT2D eigenvalue weighted by atomic mass is 10.1. The Hall–Kier alpha value is -2.00. The largest absolute Gasteiger partial charge is 0.482 e. The lowest BCUT2D eigenvalue weighted by Gasteiger charge is -2.14. The number of rotatable bonds is 6. The van der Waals surface area contributed by atoms with Gasteiger partial charge in [-0.3, -0.25) is 4.79 Å². The quantitative estimate of drug-likeness (QED) is 0.858. The van der Waals surface area contributed by atoms with E-state index >= 15 is 0 Å². The van der Waals surface area contributed by atoms with Gasteiger partial charge in [-0.15, -0.1) is 0 Å². The van der Waals surface area contributed by atoms with Crippen molar-refractivity contribution in [2.45, 2.75) is 25.8 Å². The average molecular weight is 330 g/mol. The second-order valence-corrected chi connectivity index (χ2v) is 6.40. The summed E-state index contributed by atoms with van der Waals surface area (Å²) in [5.74, 6) is 1.06. The molecular weight excluding hydrogens is 310 g/mol. The molecule has 1 fully saturated rings. The summed E-state index contributed by atoms with van der Waals surface area (Å²) >= 11 is 6.27. The average Bonchev–Trinajstić information content (AvgIpc) is 3.39. The van der Waals surface area contributed by atoms with Gasteiger partial charge in [0, 0.05) is 6.04 Å². The lowest BCUT2D eigenvalue weighted by Crippen LogP contribution is -2.37. The molecular formula is C19H20ClNO2. The van der Waals surface area contributed by atoms with Gasteiger partial charge in [0.1, 0.15) is 5.75 Å². The highest BCUT2D eigenvalue weighted by Crippen LogP contribution is 2.32. The van der Waals surface area contributed by atoms with Gasteiger partial charge in [-0.2, -0.15) is 0 Å². The zero-order valence-corrected chi connectivity index (χ0v) is 13.8. The van der Waals surface area contributed by atoms with Gasteiger partial charge in [0.15, 0.2) is 6.61 Å². The number of nitrogens with one attached hydrogen (secondary N) is 1. The predicted octanol–water partition coefficient (Wildman–Crippen LogP) is 4.30. The number of carbonyl (C=O) groups excluding carboxylic acids is 1. The number of benzene rings is 2. The van der Waals surface area contributed by atoms with E-state index in [1.807, 2.05) is 55.5 Å². The molecule has 1 saturated carbocycles. The maximum absolute atomic E-state index is 11.9. The van der Waals surface area contributed by atoms with Crippen LogP contribution < -0.4 is 10.1 Å². The SMILES string of the molecule is C[C@@H](NC(=O)COc1ccc(-c2ccccc2)cc1Cl)C1CC1. The molecule has 23 heavy (non-hydrogen) atoms. The Morgan fingerprint density at radius 3 is 2.61 bits per heavy atom. The van der Waals surface area contributed by atoms with E-state index in [0.717, 1.165) is 11.1 Å². The Morgan fingerprint density at radius 1 is 1.22 bits per heavy atom. The van der Waals surface area contributed by atoms with E-state index in [1.165, 1.54) is 12.8 Å². The third kappa shape index (κ3) is 4.26. The first-order chi connectivity index (χ1) is 11.1. The van der Waals surface area contributed by atoms with Crippen LogP contribution in [0.15, 0.2) is 48.5 Å². The minimum Gasteiger partial charge on any atom is -0.482 e. The van der Waals surface area contributed by atoms with Crippen LogP contribution in [0.2, 0.25) is 5.02 Å². The highest BCUT2D eigenvalue weighted by Gasteiger charge is 2.28. The highest BCUT2D eigenvalue weighted by atomic mass is 35.5. The van der Waals surface area contributed by atoms with Crippen LogP contribution in [0.4, 0.5) is 0 Å². The third-order valence-corrected chi connectivity index (χ3v) is 4.41. The van der Waals surface area contributed by atoms with Gasteiger partial charge < -0.3 is 10.1 Å². The van der Waals surface area contributed by atoms with E-state index in [0.29, 0.717) is 16.7 Å². The van der Waals surface area contributed by atoms with Gasteiger partial charge in [-0.05, 0) is 48.9 Å². The standard InChI is InChI=1S/C19H20ClNO2/c1-13(14-7-8-14)21-19(22)12-23-18-10-9-16(11-17(18)20)15-5-3-2-4-6-15/h2-6,9-11,13-14H,7-8,12H2,1H3,(H,21,22)/t13-/m1/s1. The van der Waals surface area contributed by atoms with E-state index in [9.17, 15) is 4.79 Å². The van der Waals surface area contributed by atoms with Crippen molar-refractivity contribution in [3.8, 4) is 16.9 Å². The normalized spacial score (nSPS) is 15.0. The fourth-order valence-electron chi connectivity index (χ4n) is 2.58. The molecule has 3 nitrogen and oxygen atoms in total. The molecule has 0 aliphatic heterocycles. The molecule has 1 N–H and O–H groups in total. The molecule has 0 unspecified atom stereocenters. The summed E-state index contributed by atoms with van der Waals surface area (Å²) in [5.41, 5.74) is 2.12. The first-order valence-electron chi connectivity index (χ1n) is 7.90. The van der Waals surface area contributed by atoms with Crippen molar-refractivity contribution in [3.63, 3.8) is 0 Å². The maximum atomic E-state index is 11.9. The van der Waals surface area contributed by atoms with Crippen molar-refractivity contribution < 1.29 is 9.53 Å². The molecule has 1 aliphatic carbocycles. The van der Waals surface area contributed by atoms with Crippen molar-refractivity contribution in [1.29, 1.82) is 0 Å². The Bertz CT molecular complexity index is 683. The smallest absolute Gasteiger partial charge is 0.258 e. The summed E-state index contributed by atoms with van der Waals surface area (Å²) < 4.78 is 5.55. The number of ether oxygens (including phenoxy) is 1. The van der Waals surface area contributed by atoms with Crippen molar-refractivity contribution in [3.05, 3.63) is 53.6 Å². The van der Waals surface area contributed by atoms with Crippen LogP contribution in [0.5, 0.6) is 5.75 Å².